The second-order valence-corrected chi connectivity index (χ2v) is 5.99. The molecular weight excluding hydrogens is 266 g/mol. The summed E-state index contributed by atoms with van der Waals surface area (Å²) in [4.78, 5) is 15.9. The fourth-order valence-electron chi connectivity index (χ4n) is 1.80. The topological polar surface area (TPSA) is 47.9 Å². The normalized spacial score (nSPS) is 19.1. The fraction of sp³-hybridized carbons (Fsp3) is 0.412. The first kappa shape index (κ1) is 15.3. The van der Waals surface area contributed by atoms with Crippen molar-refractivity contribution >= 4 is 12.0 Å². The second kappa shape index (κ2) is 5.72. The lowest BCUT2D eigenvalue weighted by Crippen LogP contribution is -2.41. The van der Waals surface area contributed by atoms with Gasteiger partial charge in [0, 0.05) is 17.9 Å². The number of hydrogen-bond acceptors (Lipinski definition) is 4. The number of Topliss-reactive ketones (excluding diaryl/α,β-unsaturated/α-hetero) is 1. The molecule has 0 aromatic heterocycles. The third-order valence-electron chi connectivity index (χ3n) is 3.81. The van der Waals surface area contributed by atoms with E-state index in [2.05, 4.69) is 4.99 Å². The minimum atomic E-state index is -0.396. The Bertz CT molecular complexity index is 553. The maximum absolute atomic E-state index is 11.9. The van der Waals surface area contributed by atoms with E-state index in [4.69, 9.17) is 9.47 Å². The summed E-state index contributed by atoms with van der Waals surface area (Å²) < 4.78 is 11.4. The fourth-order valence-corrected chi connectivity index (χ4v) is 1.80. The zero-order chi connectivity index (χ0) is 15.5. The lowest BCUT2D eigenvalue weighted by molar-refractivity contribution is 0.00578. The van der Waals surface area contributed by atoms with E-state index in [0.29, 0.717) is 11.5 Å². The van der Waals surface area contributed by atoms with Gasteiger partial charge in [0.15, 0.2) is 5.78 Å². The standard InChI is InChI=1S/C17H21NO3/c1-16(2)17(3,4)21-15(20-16)10-11-18-12-14(19)13-8-6-5-7-9-13/h5-11H,12H2,1-4H3. The molecule has 1 aromatic carbocycles. The van der Waals surface area contributed by atoms with Crippen molar-refractivity contribution in [2.45, 2.75) is 38.9 Å². The Morgan fingerprint density at radius 2 is 1.67 bits per heavy atom. The zero-order valence-electron chi connectivity index (χ0n) is 12.9. The first-order chi connectivity index (χ1) is 9.82. The van der Waals surface area contributed by atoms with Crippen LogP contribution in [0.3, 0.4) is 0 Å². The number of nitrogens with zero attached hydrogens (tertiary/aromatic N) is 1. The lowest BCUT2D eigenvalue weighted by Gasteiger charge is -2.28. The van der Waals surface area contributed by atoms with Gasteiger partial charge in [-0.15, -0.1) is 0 Å². The van der Waals surface area contributed by atoms with Gasteiger partial charge in [-0.2, -0.15) is 0 Å². The van der Waals surface area contributed by atoms with Crippen LogP contribution in [0.25, 0.3) is 0 Å². The van der Waals surface area contributed by atoms with Crippen molar-refractivity contribution in [1.29, 1.82) is 0 Å². The third kappa shape index (κ3) is 3.51. The van der Waals surface area contributed by atoms with E-state index in [0.717, 1.165) is 0 Å². The minimum Gasteiger partial charge on any atom is -0.455 e. The monoisotopic (exact) mass is 287 g/mol. The molecule has 112 valence electrons. The van der Waals surface area contributed by atoms with Crippen LogP contribution >= 0.6 is 0 Å². The molecule has 1 aliphatic rings. The Morgan fingerprint density at radius 3 is 2.24 bits per heavy atom. The summed E-state index contributed by atoms with van der Waals surface area (Å²) in [5.74, 6) is 0.417. The molecule has 0 amide bonds. The summed E-state index contributed by atoms with van der Waals surface area (Å²) in [6, 6.07) is 9.12. The highest BCUT2D eigenvalue weighted by Gasteiger charge is 2.48. The molecule has 2 rings (SSSR count). The molecule has 0 bridgehead atoms. The van der Waals surface area contributed by atoms with Crippen LogP contribution in [0.15, 0.2) is 47.3 Å². The molecule has 1 heterocycles. The maximum atomic E-state index is 11.9. The number of carbonyl (C=O) groups is 1. The smallest absolute Gasteiger partial charge is 0.282 e. The first-order valence-electron chi connectivity index (χ1n) is 6.98. The molecule has 0 spiro atoms. The molecule has 4 heteroatoms. The van der Waals surface area contributed by atoms with Crippen LogP contribution in [0.2, 0.25) is 0 Å². The highest BCUT2D eigenvalue weighted by Crippen LogP contribution is 2.39. The van der Waals surface area contributed by atoms with Gasteiger partial charge in [0.2, 0.25) is 0 Å². The molecule has 1 aliphatic heterocycles. The SMILES string of the molecule is CC1(C)OC(=CC=NCC(=O)c2ccccc2)OC1(C)C. The number of ether oxygens (including phenoxy) is 2. The van der Waals surface area contributed by atoms with Gasteiger partial charge in [-0.05, 0) is 27.7 Å². The second-order valence-electron chi connectivity index (χ2n) is 5.99. The van der Waals surface area contributed by atoms with E-state index >= 15 is 0 Å². The van der Waals surface area contributed by atoms with E-state index in [1.807, 2.05) is 45.9 Å². The van der Waals surface area contributed by atoms with Crippen LogP contribution in [0.4, 0.5) is 0 Å². The Hall–Kier alpha value is -2.10. The van der Waals surface area contributed by atoms with Crippen LogP contribution < -0.4 is 0 Å². The molecule has 0 atom stereocenters. The predicted octanol–water partition coefficient (Wildman–Crippen LogP) is 3.39. The van der Waals surface area contributed by atoms with Gasteiger partial charge in [0.05, 0.1) is 0 Å². The zero-order valence-corrected chi connectivity index (χ0v) is 12.9. The average molecular weight is 287 g/mol. The van der Waals surface area contributed by atoms with Gasteiger partial charge in [-0.3, -0.25) is 9.79 Å². The van der Waals surface area contributed by atoms with Crippen LogP contribution in [0, 0.1) is 0 Å². The van der Waals surface area contributed by atoms with Gasteiger partial charge < -0.3 is 9.47 Å². The van der Waals surface area contributed by atoms with E-state index in [9.17, 15) is 4.79 Å². The summed E-state index contributed by atoms with van der Waals surface area (Å²) in [5.41, 5.74) is -0.128. The molecular formula is C17H21NO3. The number of allylic oxidation sites excluding steroid dienone is 1. The molecule has 21 heavy (non-hydrogen) atoms. The van der Waals surface area contributed by atoms with Crippen molar-refractivity contribution in [1.82, 2.24) is 0 Å². The maximum Gasteiger partial charge on any atom is 0.282 e. The van der Waals surface area contributed by atoms with Crippen molar-refractivity contribution in [3.8, 4) is 0 Å². The summed E-state index contributed by atoms with van der Waals surface area (Å²) in [6.45, 7) is 8.02. The van der Waals surface area contributed by atoms with Gasteiger partial charge in [0.1, 0.15) is 17.7 Å². The molecule has 1 aromatic rings. The quantitative estimate of drug-likeness (QED) is 0.630. The summed E-state index contributed by atoms with van der Waals surface area (Å²) >= 11 is 0. The van der Waals surface area contributed by atoms with Crippen LogP contribution in [-0.4, -0.2) is 29.7 Å². The molecule has 0 N–H and O–H groups in total. The molecule has 4 nitrogen and oxygen atoms in total. The Kier molecular flexibility index (Phi) is 4.16. The number of benzene rings is 1. The Labute approximate surface area is 125 Å². The Balaban J connectivity index is 1.92. The van der Waals surface area contributed by atoms with Crippen LogP contribution in [0.1, 0.15) is 38.1 Å². The predicted molar refractivity (Wildman–Crippen MR) is 82.5 cm³/mol. The summed E-state index contributed by atoms with van der Waals surface area (Å²) in [6.07, 6.45) is 3.20. The number of carbonyl (C=O) groups excluding carboxylic acids is 1. The molecule has 0 radical (unpaired) electrons. The summed E-state index contributed by atoms with van der Waals surface area (Å²) in [5, 5.41) is 0. The number of aliphatic imine (C=N–C) groups is 1. The first-order valence-corrected chi connectivity index (χ1v) is 6.98. The molecule has 1 saturated heterocycles. The molecule has 0 aliphatic carbocycles. The lowest BCUT2D eigenvalue weighted by atomic mass is 9.90. The minimum absolute atomic E-state index is 0.0147. The molecule has 0 unspecified atom stereocenters. The average Bonchev–Trinajstić information content (AvgIpc) is 2.63. The largest absolute Gasteiger partial charge is 0.455 e. The van der Waals surface area contributed by atoms with E-state index < -0.39 is 11.2 Å². The highest BCUT2D eigenvalue weighted by molar-refractivity contribution is 5.98. The van der Waals surface area contributed by atoms with Gasteiger partial charge in [-0.25, -0.2) is 0 Å². The van der Waals surface area contributed by atoms with Crippen molar-refractivity contribution in [3.63, 3.8) is 0 Å². The molecule has 0 saturated carbocycles. The van der Waals surface area contributed by atoms with Crippen LogP contribution in [0.5, 0.6) is 0 Å². The number of ketones is 1. The molecule has 1 fully saturated rings. The third-order valence-corrected chi connectivity index (χ3v) is 3.81. The van der Waals surface area contributed by atoms with Gasteiger partial charge in [0.25, 0.3) is 5.95 Å². The van der Waals surface area contributed by atoms with E-state index in [-0.39, 0.29) is 12.3 Å². The van der Waals surface area contributed by atoms with E-state index in [1.54, 1.807) is 24.4 Å². The summed E-state index contributed by atoms with van der Waals surface area (Å²) in [7, 11) is 0. The number of rotatable bonds is 4. The van der Waals surface area contributed by atoms with Gasteiger partial charge >= 0.3 is 0 Å². The van der Waals surface area contributed by atoms with Gasteiger partial charge in [-0.1, -0.05) is 30.3 Å². The number of hydrogen-bond donors (Lipinski definition) is 0. The van der Waals surface area contributed by atoms with Crippen molar-refractivity contribution in [2.75, 3.05) is 6.54 Å². The van der Waals surface area contributed by atoms with Crippen molar-refractivity contribution in [3.05, 3.63) is 47.9 Å². The van der Waals surface area contributed by atoms with Crippen LogP contribution in [-0.2, 0) is 9.47 Å². The Morgan fingerprint density at radius 1 is 1.10 bits per heavy atom. The highest BCUT2D eigenvalue weighted by atomic mass is 16.7. The van der Waals surface area contributed by atoms with Crippen molar-refractivity contribution < 1.29 is 14.3 Å². The van der Waals surface area contributed by atoms with Crippen molar-refractivity contribution in [2.24, 2.45) is 4.99 Å². The van der Waals surface area contributed by atoms with E-state index in [1.165, 1.54) is 0 Å².